The van der Waals surface area contributed by atoms with Crippen molar-refractivity contribution in [2.45, 2.75) is 95.5 Å². The number of nitrogens with zero attached hydrogens (tertiary/aromatic N) is 1. The molecule has 5 rings (SSSR count). The van der Waals surface area contributed by atoms with Gasteiger partial charge >= 0.3 is 6.16 Å². The Kier molecular flexibility index (Phi) is 7.55. The number of carbonyl (C=O) groups excluding carboxylic acids is 3. The van der Waals surface area contributed by atoms with Gasteiger partial charge in [-0.05, 0) is 64.9 Å². The number of unbranched alkanes of at least 4 members (excludes halogenated alkanes) is 1. The SMILES string of the molecule is CC1(C)O[C@@H]2C[C@H]3C4CC=C5CC(=O)C=C[C@]5(C)[C@@]4(F)[C@@H](O)C[C@]3(C)[C@]2(C(=O)COC(=O)OCCCCO[N+](=O)[O-])O1. The average Bonchev–Trinajstić information content (AvgIpc) is 3.31. The second kappa shape index (κ2) is 10.4. The van der Waals surface area contributed by atoms with Crippen LogP contribution in [0, 0.1) is 32.8 Å². The normalized spacial score (nSPS) is 41.1. The van der Waals surface area contributed by atoms with Gasteiger partial charge in [0.1, 0.15) is 0 Å². The molecule has 12 nitrogen and oxygen atoms in total. The molecule has 232 valence electrons. The number of aliphatic hydroxyl groups excluding tert-OH is 1. The lowest BCUT2D eigenvalue weighted by molar-refractivity contribution is -0.757. The fourth-order valence-electron chi connectivity index (χ4n) is 8.49. The van der Waals surface area contributed by atoms with Crippen molar-refractivity contribution in [1.29, 1.82) is 0 Å². The van der Waals surface area contributed by atoms with Crippen LogP contribution in [0.4, 0.5) is 9.18 Å². The first-order chi connectivity index (χ1) is 19.6. The smallest absolute Gasteiger partial charge is 0.434 e. The third-order valence-corrected chi connectivity index (χ3v) is 10.3. The predicted molar refractivity (Wildman–Crippen MR) is 141 cm³/mol. The summed E-state index contributed by atoms with van der Waals surface area (Å²) in [5.74, 6) is -2.95. The molecular weight excluding hydrogens is 557 g/mol. The van der Waals surface area contributed by atoms with Gasteiger partial charge in [-0.2, -0.15) is 0 Å². The lowest BCUT2D eigenvalue weighted by atomic mass is 9.45. The molecule has 1 unspecified atom stereocenters. The van der Waals surface area contributed by atoms with Gasteiger partial charge < -0.3 is 28.9 Å². The third-order valence-electron chi connectivity index (χ3n) is 10.3. The van der Waals surface area contributed by atoms with Crippen molar-refractivity contribution < 1.29 is 52.8 Å². The molecule has 0 radical (unpaired) electrons. The number of carbonyl (C=O) groups is 3. The molecule has 42 heavy (non-hydrogen) atoms. The van der Waals surface area contributed by atoms with E-state index in [0.29, 0.717) is 12.0 Å². The maximum atomic E-state index is 17.5. The monoisotopic (exact) mass is 595 g/mol. The zero-order chi connectivity index (χ0) is 30.7. The molecule has 3 fully saturated rings. The van der Waals surface area contributed by atoms with E-state index in [9.17, 15) is 29.6 Å². The number of hydrogen-bond donors (Lipinski definition) is 1. The standard InChI is InChI=1S/C29H38FNO11/c1-25(2)41-23-14-20-19-8-7-17-13-18(32)9-10-26(17,3)28(19,30)21(33)15-27(20,4)29(23,42-25)22(34)16-39-24(35)38-11-5-6-12-40-31(36)37/h7,9-10,19-21,23,33H,5-6,8,11-16H2,1-4H3/t19?,20-,21-,23+,26-,27-,28-,29+/m0/s1. The van der Waals surface area contributed by atoms with Gasteiger partial charge in [-0.25, -0.2) is 9.18 Å². The second-order valence-corrected chi connectivity index (χ2v) is 12.9. The molecule has 1 saturated heterocycles. The molecular formula is C29H38FNO11. The molecule has 1 heterocycles. The second-order valence-electron chi connectivity index (χ2n) is 12.9. The summed E-state index contributed by atoms with van der Waals surface area (Å²) in [6.45, 7) is 5.98. The van der Waals surface area contributed by atoms with Crippen LogP contribution in [0.25, 0.3) is 0 Å². The van der Waals surface area contributed by atoms with Gasteiger partial charge in [0.15, 0.2) is 29.4 Å². The first-order valence-corrected chi connectivity index (χ1v) is 14.4. The van der Waals surface area contributed by atoms with Crippen LogP contribution >= 0.6 is 0 Å². The number of ketones is 2. The summed E-state index contributed by atoms with van der Waals surface area (Å²) in [6.07, 6.45) is 2.68. The molecule has 0 spiro atoms. The van der Waals surface area contributed by atoms with E-state index in [1.54, 1.807) is 26.8 Å². The molecule has 0 aromatic rings. The predicted octanol–water partition coefficient (Wildman–Crippen LogP) is 3.57. The Balaban J connectivity index is 1.35. The van der Waals surface area contributed by atoms with Crippen molar-refractivity contribution in [3.63, 3.8) is 0 Å². The van der Waals surface area contributed by atoms with E-state index in [1.807, 2.05) is 13.0 Å². The fraction of sp³-hybridized carbons (Fsp3) is 0.759. The molecule has 4 aliphatic carbocycles. The summed E-state index contributed by atoms with van der Waals surface area (Å²) in [4.78, 5) is 52.7. The van der Waals surface area contributed by atoms with Crippen molar-refractivity contribution >= 4 is 17.7 Å². The van der Waals surface area contributed by atoms with E-state index in [0.717, 1.165) is 0 Å². The van der Waals surface area contributed by atoms with Gasteiger partial charge in [0, 0.05) is 23.2 Å². The summed E-state index contributed by atoms with van der Waals surface area (Å²) >= 11 is 0. The zero-order valence-electron chi connectivity index (χ0n) is 24.3. The highest BCUT2D eigenvalue weighted by atomic mass is 19.1. The molecule has 0 aromatic heterocycles. The van der Waals surface area contributed by atoms with Crippen molar-refractivity contribution in [3.05, 3.63) is 33.9 Å². The Labute approximate surface area is 242 Å². The van der Waals surface area contributed by atoms with Crippen LogP contribution in [0.3, 0.4) is 0 Å². The maximum Gasteiger partial charge on any atom is 0.508 e. The molecule has 0 bridgehead atoms. The van der Waals surface area contributed by atoms with Gasteiger partial charge in [0.05, 0.1) is 25.4 Å². The number of fused-ring (bicyclic) bond motifs is 7. The van der Waals surface area contributed by atoms with Crippen LogP contribution in [-0.4, -0.2) is 77.0 Å². The largest absolute Gasteiger partial charge is 0.508 e. The Morgan fingerprint density at radius 3 is 2.60 bits per heavy atom. The molecule has 1 aliphatic heterocycles. The van der Waals surface area contributed by atoms with E-state index in [2.05, 4.69) is 4.84 Å². The van der Waals surface area contributed by atoms with Gasteiger partial charge in [-0.3, -0.25) is 9.59 Å². The number of allylic oxidation sites excluding steroid dienone is 4. The van der Waals surface area contributed by atoms with Crippen LogP contribution < -0.4 is 0 Å². The van der Waals surface area contributed by atoms with Gasteiger partial charge in [-0.1, -0.05) is 24.6 Å². The molecule has 0 aromatic carbocycles. The fourth-order valence-corrected chi connectivity index (χ4v) is 8.49. The van der Waals surface area contributed by atoms with Crippen molar-refractivity contribution in [2.75, 3.05) is 19.8 Å². The number of halogens is 1. The lowest BCUT2D eigenvalue weighted by Crippen LogP contribution is -2.69. The van der Waals surface area contributed by atoms with Crippen molar-refractivity contribution in [3.8, 4) is 0 Å². The minimum absolute atomic E-state index is 0.0882. The van der Waals surface area contributed by atoms with Gasteiger partial charge in [0.2, 0.25) is 5.78 Å². The van der Waals surface area contributed by atoms with Crippen LogP contribution in [0.15, 0.2) is 23.8 Å². The molecule has 13 heteroatoms. The summed E-state index contributed by atoms with van der Waals surface area (Å²) in [7, 11) is 0. The van der Waals surface area contributed by atoms with Gasteiger partial charge in [-0.15, -0.1) is 10.1 Å². The maximum absolute atomic E-state index is 17.5. The van der Waals surface area contributed by atoms with E-state index in [4.69, 9.17) is 18.9 Å². The zero-order valence-corrected chi connectivity index (χ0v) is 24.3. The molecule has 5 aliphatic rings. The van der Waals surface area contributed by atoms with E-state index >= 15 is 4.39 Å². The number of Topliss-reactive ketones (excluding diaryl/α,β-unsaturated/α-hetero) is 1. The first-order valence-electron chi connectivity index (χ1n) is 14.4. The topological polar surface area (TPSA) is 161 Å². The third kappa shape index (κ3) is 4.46. The Morgan fingerprint density at radius 1 is 1.17 bits per heavy atom. The minimum atomic E-state index is -2.08. The number of ether oxygens (including phenoxy) is 4. The van der Waals surface area contributed by atoms with Crippen molar-refractivity contribution in [1.82, 2.24) is 0 Å². The number of alkyl halides is 1. The van der Waals surface area contributed by atoms with E-state index in [-0.39, 0.29) is 51.1 Å². The Bertz CT molecular complexity index is 1230. The Morgan fingerprint density at radius 2 is 1.88 bits per heavy atom. The lowest BCUT2D eigenvalue weighted by Gasteiger charge is -2.62. The number of rotatable bonds is 9. The molecule has 8 atom stereocenters. The van der Waals surface area contributed by atoms with Crippen LogP contribution in [0.5, 0.6) is 0 Å². The van der Waals surface area contributed by atoms with Crippen molar-refractivity contribution in [2.24, 2.45) is 22.7 Å². The number of hydrogen-bond acceptors (Lipinski definition) is 11. The highest BCUT2D eigenvalue weighted by Gasteiger charge is 2.80. The molecule has 2 saturated carbocycles. The molecule has 0 amide bonds. The van der Waals surface area contributed by atoms with E-state index in [1.165, 1.54) is 6.08 Å². The summed E-state index contributed by atoms with van der Waals surface area (Å²) < 4.78 is 40.2. The summed E-state index contributed by atoms with van der Waals surface area (Å²) in [5, 5.41) is 20.9. The number of aliphatic hydroxyl groups is 1. The van der Waals surface area contributed by atoms with Crippen LogP contribution in [-0.2, 0) is 33.4 Å². The average molecular weight is 596 g/mol. The Hall–Kier alpha value is -2.90. The molecule has 1 N–H and O–H groups in total. The summed E-state index contributed by atoms with van der Waals surface area (Å²) in [5.41, 5.74) is -5.29. The highest BCUT2D eigenvalue weighted by Crippen LogP contribution is 2.71. The van der Waals surface area contributed by atoms with Crippen LogP contribution in [0.1, 0.15) is 66.2 Å². The van der Waals surface area contributed by atoms with Gasteiger partial charge in [0.25, 0.3) is 5.09 Å². The van der Waals surface area contributed by atoms with Crippen LogP contribution in [0.2, 0.25) is 0 Å². The summed E-state index contributed by atoms with van der Waals surface area (Å²) in [6, 6.07) is 0. The highest BCUT2D eigenvalue weighted by molar-refractivity contribution is 5.94. The van der Waals surface area contributed by atoms with E-state index < -0.39 is 75.6 Å². The quantitative estimate of drug-likeness (QED) is 0.136. The minimum Gasteiger partial charge on any atom is -0.434 e. The first kappa shape index (κ1) is 30.6.